The Balaban J connectivity index is 1.55. The van der Waals surface area contributed by atoms with Crippen molar-refractivity contribution < 1.29 is 9.63 Å². The van der Waals surface area contributed by atoms with Crippen LogP contribution in [-0.4, -0.2) is 24.1 Å². The number of rotatable bonds is 1. The third-order valence-corrected chi connectivity index (χ3v) is 5.51. The first-order chi connectivity index (χ1) is 8.31. The maximum absolute atomic E-state index is 12.5. The predicted octanol–water partition coefficient (Wildman–Crippen LogP) is 2.22. The van der Waals surface area contributed by atoms with Gasteiger partial charge in [0.1, 0.15) is 0 Å². The molecule has 0 radical (unpaired) electrons. The number of hydrogen-bond acceptors (Lipinski definition) is 2. The maximum Gasteiger partial charge on any atom is 0.249 e. The molecule has 4 bridgehead atoms. The molecule has 5 rings (SSSR count). The van der Waals surface area contributed by atoms with Gasteiger partial charge in [0, 0.05) is 5.92 Å². The molecule has 0 unspecified atom stereocenters. The molecule has 1 saturated heterocycles. The van der Waals surface area contributed by atoms with E-state index in [1.807, 2.05) is 0 Å². The minimum absolute atomic E-state index is 0.306. The molecule has 4 aliphatic carbocycles. The van der Waals surface area contributed by atoms with Crippen LogP contribution < -0.4 is 0 Å². The molecule has 0 N–H and O–H groups in total. The minimum Gasteiger partial charge on any atom is -0.272 e. The van der Waals surface area contributed by atoms with Crippen molar-refractivity contribution in [3.63, 3.8) is 0 Å². The summed E-state index contributed by atoms with van der Waals surface area (Å²) in [5.74, 6) is 3.88. The van der Waals surface area contributed by atoms with Crippen LogP contribution in [0.2, 0.25) is 0 Å². The Labute approximate surface area is 102 Å². The second-order valence-corrected chi connectivity index (χ2v) is 6.58. The minimum atomic E-state index is 0.306. The van der Waals surface area contributed by atoms with Gasteiger partial charge in [-0.3, -0.25) is 9.63 Å². The molecule has 3 heteroatoms. The number of carbonyl (C=O) groups excluding carboxylic acids is 1. The van der Waals surface area contributed by atoms with E-state index >= 15 is 0 Å². The largest absolute Gasteiger partial charge is 0.272 e. The van der Waals surface area contributed by atoms with Crippen molar-refractivity contribution >= 4 is 5.91 Å². The van der Waals surface area contributed by atoms with Gasteiger partial charge in [-0.1, -0.05) is 0 Å². The molecule has 1 amide bonds. The van der Waals surface area contributed by atoms with Crippen LogP contribution in [0.5, 0.6) is 0 Å². The van der Waals surface area contributed by atoms with E-state index in [1.165, 1.54) is 32.1 Å². The highest BCUT2D eigenvalue weighted by Crippen LogP contribution is 2.56. The lowest BCUT2D eigenvalue weighted by Crippen LogP contribution is -2.51. The first kappa shape index (κ1) is 10.4. The summed E-state index contributed by atoms with van der Waals surface area (Å²) >= 11 is 0. The van der Waals surface area contributed by atoms with Crippen molar-refractivity contribution in [3.05, 3.63) is 0 Å². The fraction of sp³-hybridized carbons (Fsp3) is 0.929. The van der Waals surface area contributed by atoms with Crippen molar-refractivity contribution in [2.24, 2.45) is 29.6 Å². The summed E-state index contributed by atoms with van der Waals surface area (Å²) in [6, 6.07) is 0. The molecular weight excluding hydrogens is 214 g/mol. The van der Waals surface area contributed by atoms with Crippen LogP contribution in [0.1, 0.15) is 38.5 Å². The van der Waals surface area contributed by atoms with Gasteiger partial charge in [-0.15, -0.1) is 0 Å². The van der Waals surface area contributed by atoms with Crippen molar-refractivity contribution in [2.45, 2.75) is 38.5 Å². The molecule has 0 atom stereocenters. The quantitative estimate of drug-likeness (QED) is 0.697. The predicted molar refractivity (Wildman–Crippen MR) is 62.8 cm³/mol. The molecule has 1 heterocycles. The average molecular weight is 235 g/mol. The SMILES string of the molecule is O=C(C1C2CC3CC(C2)CC1C3)N1CCCO1. The summed E-state index contributed by atoms with van der Waals surface area (Å²) in [6.07, 6.45) is 7.73. The summed E-state index contributed by atoms with van der Waals surface area (Å²) < 4.78 is 0. The van der Waals surface area contributed by atoms with Gasteiger partial charge in [0.05, 0.1) is 13.2 Å². The van der Waals surface area contributed by atoms with Crippen LogP contribution in [0.4, 0.5) is 0 Å². The number of hydrogen-bond donors (Lipinski definition) is 0. The number of carbonyl (C=O) groups is 1. The normalized spacial score (nSPS) is 47.8. The van der Waals surface area contributed by atoms with Gasteiger partial charge >= 0.3 is 0 Å². The van der Waals surface area contributed by atoms with E-state index in [-0.39, 0.29) is 0 Å². The highest BCUT2D eigenvalue weighted by molar-refractivity contribution is 5.79. The van der Waals surface area contributed by atoms with E-state index in [2.05, 4.69) is 0 Å². The van der Waals surface area contributed by atoms with Gasteiger partial charge < -0.3 is 0 Å². The Morgan fingerprint density at radius 2 is 1.65 bits per heavy atom. The van der Waals surface area contributed by atoms with Crippen LogP contribution in [0.3, 0.4) is 0 Å². The molecular formula is C14H21NO2. The van der Waals surface area contributed by atoms with E-state index in [0.29, 0.717) is 23.7 Å². The Morgan fingerprint density at radius 1 is 1.00 bits per heavy atom. The van der Waals surface area contributed by atoms with Gasteiger partial charge in [-0.05, 0) is 62.2 Å². The monoisotopic (exact) mass is 235 g/mol. The van der Waals surface area contributed by atoms with Crippen molar-refractivity contribution in [1.82, 2.24) is 5.06 Å². The van der Waals surface area contributed by atoms with Crippen LogP contribution in [0.15, 0.2) is 0 Å². The summed E-state index contributed by atoms with van der Waals surface area (Å²) in [5, 5.41) is 1.67. The van der Waals surface area contributed by atoms with Gasteiger partial charge in [0.15, 0.2) is 0 Å². The molecule has 0 aromatic carbocycles. The molecule has 5 fully saturated rings. The fourth-order valence-corrected chi connectivity index (χ4v) is 5.12. The highest BCUT2D eigenvalue weighted by Gasteiger charge is 2.51. The molecule has 94 valence electrons. The van der Waals surface area contributed by atoms with Crippen molar-refractivity contribution in [1.29, 1.82) is 0 Å². The third-order valence-electron chi connectivity index (χ3n) is 5.51. The zero-order valence-corrected chi connectivity index (χ0v) is 10.3. The van der Waals surface area contributed by atoms with Gasteiger partial charge in [-0.2, -0.15) is 0 Å². The third kappa shape index (κ3) is 1.55. The summed E-state index contributed by atoms with van der Waals surface area (Å²) in [6.45, 7) is 1.56. The topological polar surface area (TPSA) is 29.5 Å². The first-order valence-electron chi connectivity index (χ1n) is 7.25. The molecule has 0 aromatic heterocycles. The Hall–Kier alpha value is -0.570. The number of nitrogens with zero attached hydrogens (tertiary/aromatic N) is 1. The second-order valence-electron chi connectivity index (χ2n) is 6.58. The van der Waals surface area contributed by atoms with E-state index in [0.717, 1.165) is 31.4 Å². The van der Waals surface area contributed by atoms with E-state index in [1.54, 1.807) is 5.06 Å². The molecule has 0 aromatic rings. The van der Waals surface area contributed by atoms with Crippen molar-refractivity contribution in [3.8, 4) is 0 Å². The molecule has 4 saturated carbocycles. The van der Waals surface area contributed by atoms with Crippen LogP contribution in [0, 0.1) is 29.6 Å². The lowest BCUT2D eigenvalue weighted by atomic mass is 9.51. The Kier molecular flexibility index (Phi) is 2.26. The highest BCUT2D eigenvalue weighted by atomic mass is 16.7. The van der Waals surface area contributed by atoms with Crippen molar-refractivity contribution in [2.75, 3.05) is 13.2 Å². The molecule has 1 aliphatic heterocycles. The first-order valence-corrected chi connectivity index (χ1v) is 7.25. The summed E-state index contributed by atoms with van der Waals surface area (Å²) in [5.41, 5.74) is 0. The van der Waals surface area contributed by atoms with Gasteiger partial charge in [0.25, 0.3) is 0 Å². The lowest BCUT2D eigenvalue weighted by Gasteiger charge is -2.54. The zero-order chi connectivity index (χ0) is 11.4. The van der Waals surface area contributed by atoms with Gasteiger partial charge in [-0.25, -0.2) is 5.06 Å². The Morgan fingerprint density at radius 3 is 2.18 bits per heavy atom. The Bertz CT molecular complexity index is 307. The van der Waals surface area contributed by atoms with E-state index in [9.17, 15) is 4.79 Å². The lowest BCUT2D eigenvalue weighted by molar-refractivity contribution is -0.185. The van der Waals surface area contributed by atoms with Crippen LogP contribution >= 0.6 is 0 Å². The van der Waals surface area contributed by atoms with Crippen LogP contribution in [0.25, 0.3) is 0 Å². The van der Waals surface area contributed by atoms with E-state index < -0.39 is 0 Å². The molecule has 3 nitrogen and oxygen atoms in total. The fourth-order valence-electron chi connectivity index (χ4n) is 5.12. The molecule has 17 heavy (non-hydrogen) atoms. The smallest absolute Gasteiger partial charge is 0.249 e. The standard InChI is InChI=1S/C14H21NO2/c16-14(15-2-1-3-17-15)13-11-5-9-4-10(7-11)8-12(13)6-9/h9-13H,1-8H2. The maximum atomic E-state index is 12.5. The summed E-state index contributed by atoms with van der Waals surface area (Å²) in [4.78, 5) is 18.0. The van der Waals surface area contributed by atoms with Crippen LogP contribution in [-0.2, 0) is 9.63 Å². The second kappa shape index (κ2) is 3.71. The molecule has 0 spiro atoms. The number of hydroxylamine groups is 2. The zero-order valence-electron chi connectivity index (χ0n) is 10.3. The van der Waals surface area contributed by atoms with Gasteiger partial charge in [0.2, 0.25) is 5.91 Å². The molecule has 5 aliphatic rings. The number of amides is 1. The summed E-state index contributed by atoms with van der Waals surface area (Å²) in [7, 11) is 0. The van der Waals surface area contributed by atoms with E-state index in [4.69, 9.17) is 4.84 Å². The average Bonchev–Trinajstić information content (AvgIpc) is 2.80.